The van der Waals surface area contributed by atoms with Crippen LogP contribution in [0.2, 0.25) is 10.0 Å². The number of halogens is 3. The SMILES string of the molecule is CC(C)NC(=O)C(Cc1ccc(Cl)c(Cl)c1)N1CCN(C(=O)[CH]Cc2ccc(F)cc2)C(CCC(N)=O)C1. The lowest BCUT2D eigenvalue weighted by atomic mass is 9.98. The number of hydrogen-bond acceptors (Lipinski definition) is 4. The Hall–Kier alpha value is -2.68. The normalized spacial score (nSPS) is 16.9. The Kier molecular flexibility index (Phi) is 10.9. The molecule has 2 aromatic rings. The molecule has 1 aliphatic rings. The number of primary amides is 1. The Morgan fingerprint density at radius 1 is 1.08 bits per heavy atom. The van der Waals surface area contributed by atoms with E-state index in [1.165, 1.54) is 12.1 Å². The van der Waals surface area contributed by atoms with E-state index >= 15 is 0 Å². The Labute approximate surface area is 233 Å². The summed E-state index contributed by atoms with van der Waals surface area (Å²) in [5.74, 6) is -1.08. The van der Waals surface area contributed by atoms with E-state index in [0.29, 0.717) is 48.9 Å². The molecule has 7 nitrogen and oxygen atoms in total. The van der Waals surface area contributed by atoms with Crippen molar-refractivity contribution >= 4 is 40.9 Å². The minimum atomic E-state index is -0.508. The van der Waals surface area contributed by atoms with Gasteiger partial charge in [0.15, 0.2) is 0 Å². The molecule has 3 N–H and O–H groups in total. The predicted octanol–water partition coefficient (Wildman–Crippen LogP) is 3.79. The molecule has 1 fully saturated rings. The van der Waals surface area contributed by atoms with E-state index in [4.69, 9.17) is 28.9 Å². The van der Waals surface area contributed by atoms with E-state index in [1.54, 1.807) is 35.6 Å². The fourth-order valence-electron chi connectivity index (χ4n) is 4.61. The summed E-state index contributed by atoms with van der Waals surface area (Å²) in [6.45, 7) is 5.06. The number of nitrogens with two attached hydrogens (primary N) is 1. The maximum atomic E-state index is 13.3. The van der Waals surface area contributed by atoms with Crippen LogP contribution in [0.15, 0.2) is 42.5 Å². The summed E-state index contributed by atoms with van der Waals surface area (Å²) < 4.78 is 13.2. The summed E-state index contributed by atoms with van der Waals surface area (Å²) in [6.07, 6.45) is 2.84. The molecule has 1 heterocycles. The molecular weight excluding hydrogens is 530 g/mol. The molecule has 10 heteroatoms. The zero-order chi connectivity index (χ0) is 27.8. The third kappa shape index (κ3) is 8.68. The first kappa shape index (κ1) is 29.9. The zero-order valence-corrected chi connectivity index (χ0v) is 23.1. The van der Waals surface area contributed by atoms with Gasteiger partial charge >= 0.3 is 0 Å². The summed E-state index contributed by atoms with van der Waals surface area (Å²) >= 11 is 12.3. The Balaban J connectivity index is 1.76. The highest BCUT2D eigenvalue weighted by Crippen LogP contribution is 2.25. The van der Waals surface area contributed by atoms with Gasteiger partial charge in [-0.15, -0.1) is 0 Å². The van der Waals surface area contributed by atoms with Crippen molar-refractivity contribution in [3.8, 4) is 0 Å². The molecule has 205 valence electrons. The number of nitrogens with zero attached hydrogens (tertiary/aromatic N) is 2. The van der Waals surface area contributed by atoms with Crippen molar-refractivity contribution in [2.24, 2.45) is 5.73 Å². The van der Waals surface area contributed by atoms with Crippen molar-refractivity contribution in [3.63, 3.8) is 0 Å². The van der Waals surface area contributed by atoms with Gasteiger partial charge < -0.3 is 16.0 Å². The van der Waals surface area contributed by atoms with Gasteiger partial charge in [-0.25, -0.2) is 4.39 Å². The summed E-state index contributed by atoms with van der Waals surface area (Å²) in [5, 5.41) is 3.86. The molecule has 2 aromatic carbocycles. The smallest absolute Gasteiger partial charge is 0.237 e. The van der Waals surface area contributed by atoms with E-state index in [2.05, 4.69) is 10.2 Å². The van der Waals surface area contributed by atoms with Crippen molar-refractivity contribution in [3.05, 3.63) is 75.9 Å². The van der Waals surface area contributed by atoms with Crippen LogP contribution in [0.25, 0.3) is 0 Å². The minimum Gasteiger partial charge on any atom is -0.370 e. The molecule has 1 radical (unpaired) electrons. The lowest BCUT2D eigenvalue weighted by Crippen LogP contribution is -2.61. The molecule has 0 spiro atoms. The van der Waals surface area contributed by atoms with Crippen molar-refractivity contribution in [1.29, 1.82) is 0 Å². The van der Waals surface area contributed by atoms with Crippen LogP contribution in [0.5, 0.6) is 0 Å². The monoisotopic (exact) mass is 563 g/mol. The minimum absolute atomic E-state index is 0.0478. The third-order valence-electron chi connectivity index (χ3n) is 6.53. The maximum Gasteiger partial charge on any atom is 0.237 e. The van der Waals surface area contributed by atoms with Gasteiger partial charge in [0.2, 0.25) is 17.7 Å². The maximum absolute atomic E-state index is 13.3. The topological polar surface area (TPSA) is 95.7 Å². The molecule has 0 aromatic heterocycles. The summed E-state index contributed by atoms with van der Waals surface area (Å²) in [6, 6.07) is 10.4. The zero-order valence-electron chi connectivity index (χ0n) is 21.6. The average molecular weight is 565 g/mol. The van der Waals surface area contributed by atoms with Gasteiger partial charge in [-0.05, 0) is 68.5 Å². The molecule has 1 saturated heterocycles. The number of rotatable bonds is 11. The number of nitrogens with one attached hydrogen (secondary N) is 1. The molecule has 1 aliphatic heterocycles. The van der Waals surface area contributed by atoms with Crippen LogP contribution >= 0.6 is 23.2 Å². The lowest BCUT2D eigenvalue weighted by molar-refractivity contribution is -0.136. The Morgan fingerprint density at radius 3 is 2.39 bits per heavy atom. The highest BCUT2D eigenvalue weighted by atomic mass is 35.5. The number of carbonyl (C=O) groups is 3. The van der Waals surface area contributed by atoms with Gasteiger partial charge in [-0.2, -0.15) is 0 Å². The van der Waals surface area contributed by atoms with E-state index < -0.39 is 11.9 Å². The number of hydrogen-bond donors (Lipinski definition) is 2. The number of carbonyl (C=O) groups excluding carboxylic acids is 3. The fourth-order valence-corrected chi connectivity index (χ4v) is 4.93. The Morgan fingerprint density at radius 2 is 1.76 bits per heavy atom. The largest absolute Gasteiger partial charge is 0.370 e. The van der Waals surface area contributed by atoms with Crippen molar-refractivity contribution in [2.45, 2.75) is 57.7 Å². The first-order chi connectivity index (χ1) is 18.0. The van der Waals surface area contributed by atoms with Gasteiger partial charge in [0.05, 0.1) is 22.5 Å². The predicted molar refractivity (Wildman–Crippen MR) is 147 cm³/mol. The highest BCUT2D eigenvalue weighted by Gasteiger charge is 2.36. The van der Waals surface area contributed by atoms with Gasteiger partial charge in [0, 0.05) is 38.1 Å². The van der Waals surface area contributed by atoms with E-state index in [9.17, 15) is 18.8 Å². The average Bonchev–Trinajstić information content (AvgIpc) is 2.87. The van der Waals surface area contributed by atoms with Crippen LogP contribution in [0.4, 0.5) is 4.39 Å². The number of benzene rings is 2. The van der Waals surface area contributed by atoms with E-state index in [1.807, 2.05) is 19.9 Å². The number of piperazine rings is 1. The lowest BCUT2D eigenvalue weighted by Gasteiger charge is -2.44. The molecule has 2 unspecified atom stereocenters. The quantitative estimate of drug-likeness (QED) is 0.434. The summed E-state index contributed by atoms with van der Waals surface area (Å²) in [5.41, 5.74) is 7.10. The molecule has 0 aliphatic carbocycles. The van der Waals surface area contributed by atoms with Crippen LogP contribution in [-0.2, 0) is 27.2 Å². The van der Waals surface area contributed by atoms with Gasteiger partial charge in [0.25, 0.3) is 0 Å². The standard InChI is InChI=1S/C28H34Cl2FN4O3/c1-18(2)33-28(38)25(16-20-5-10-23(29)24(30)15-20)34-13-14-35(22(17-34)9-11-26(32)36)27(37)12-6-19-3-7-21(31)8-4-19/h3-5,7-8,10,12,15,18,22,25H,6,9,11,13-14,16-17H2,1-2H3,(H2,32,36)(H,33,38). The van der Waals surface area contributed by atoms with Crippen molar-refractivity contribution < 1.29 is 18.8 Å². The second kappa shape index (κ2) is 13.9. The molecule has 0 saturated carbocycles. The van der Waals surface area contributed by atoms with E-state index in [-0.39, 0.29) is 36.1 Å². The van der Waals surface area contributed by atoms with Crippen molar-refractivity contribution in [1.82, 2.24) is 15.1 Å². The number of amides is 3. The first-order valence-corrected chi connectivity index (χ1v) is 13.4. The third-order valence-corrected chi connectivity index (χ3v) is 7.27. The van der Waals surface area contributed by atoms with Crippen LogP contribution < -0.4 is 11.1 Å². The van der Waals surface area contributed by atoms with Gasteiger partial charge in [0.1, 0.15) is 5.82 Å². The molecule has 38 heavy (non-hydrogen) atoms. The fraction of sp³-hybridized carbons (Fsp3) is 0.429. The van der Waals surface area contributed by atoms with E-state index in [0.717, 1.165) is 11.1 Å². The second-order valence-corrected chi connectivity index (χ2v) is 10.7. The summed E-state index contributed by atoms with van der Waals surface area (Å²) in [7, 11) is 0. The Bertz CT molecular complexity index is 1130. The summed E-state index contributed by atoms with van der Waals surface area (Å²) in [4.78, 5) is 41.8. The molecule has 3 rings (SSSR count). The van der Waals surface area contributed by atoms with Crippen LogP contribution in [0, 0.1) is 12.2 Å². The van der Waals surface area contributed by atoms with Crippen molar-refractivity contribution in [2.75, 3.05) is 19.6 Å². The molecular formula is C28H34Cl2FN4O3. The molecule has 3 amide bonds. The molecule has 0 bridgehead atoms. The highest BCUT2D eigenvalue weighted by molar-refractivity contribution is 6.42. The second-order valence-electron chi connectivity index (χ2n) is 9.85. The molecule has 2 atom stereocenters. The van der Waals surface area contributed by atoms with Crippen LogP contribution in [-0.4, -0.2) is 65.3 Å². The van der Waals surface area contributed by atoms with Crippen LogP contribution in [0.3, 0.4) is 0 Å². The van der Waals surface area contributed by atoms with Gasteiger partial charge in [-0.3, -0.25) is 19.3 Å². The van der Waals surface area contributed by atoms with Gasteiger partial charge in [-0.1, -0.05) is 41.4 Å². The first-order valence-electron chi connectivity index (χ1n) is 12.7. The van der Waals surface area contributed by atoms with Crippen LogP contribution in [0.1, 0.15) is 37.8 Å².